The Morgan fingerprint density at radius 2 is 1.97 bits per heavy atom. The van der Waals surface area contributed by atoms with Gasteiger partial charge in [0.2, 0.25) is 0 Å². The van der Waals surface area contributed by atoms with Gasteiger partial charge in [0, 0.05) is 17.2 Å². The lowest BCUT2D eigenvalue weighted by Crippen LogP contribution is -2.24. The number of allylic oxidation sites excluding steroid dienone is 1. The van der Waals surface area contributed by atoms with Crippen molar-refractivity contribution in [3.8, 4) is 5.69 Å². The number of rotatable bonds is 8. The normalized spacial score (nSPS) is 13.3. The summed E-state index contributed by atoms with van der Waals surface area (Å²) in [6.07, 6.45) is 8.45. The van der Waals surface area contributed by atoms with E-state index < -0.39 is 4.92 Å². The summed E-state index contributed by atoms with van der Waals surface area (Å²) in [5.74, 6) is -0.370. The number of thioether (sulfide) groups is 1. The molecule has 198 valence electrons. The van der Waals surface area contributed by atoms with Crippen LogP contribution in [0.25, 0.3) is 22.0 Å². The van der Waals surface area contributed by atoms with Crippen LogP contribution in [0.2, 0.25) is 0 Å². The molecule has 11 heteroatoms. The van der Waals surface area contributed by atoms with Crippen molar-refractivity contribution in [2.24, 2.45) is 5.10 Å². The van der Waals surface area contributed by atoms with Gasteiger partial charge in [-0.05, 0) is 68.5 Å². The third-order valence-corrected chi connectivity index (χ3v) is 8.47. The summed E-state index contributed by atoms with van der Waals surface area (Å²) in [4.78, 5) is 43.8. The van der Waals surface area contributed by atoms with Crippen LogP contribution in [0.1, 0.15) is 34.4 Å². The zero-order valence-electron chi connectivity index (χ0n) is 21.1. The molecule has 0 atom stereocenters. The van der Waals surface area contributed by atoms with E-state index in [9.17, 15) is 19.7 Å². The highest BCUT2D eigenvalue weighted by molar-refractivity contribution is 7.99. The van der Waals surface area contributed by atoms with Gasteiger partial charge in [0.25, 0.3) is 17.2 Å². The molecule has 2 heterocycles. The highest BCUT2D eigenvalue weighted by Gasteiger charge is 2.23. The molecule has 39 heavy (non-hydrogen) atoms. The second-order valence-corrected chi connectivity index (χ2v) is 11.1. The number of thiophene rings is 1. The molecule has 0 bridgehead atoms. The maximum absolute atomic E-state index is 13.8. The minimum atomic E-state index is -0.456. The van der Waals surface area contributed by atoms with Crippen LogP contribution in [0.3, 0.4) is 0 Å². The van der Waals surface area contributed by atoms with E-state index in [-0.39, 0.29) is 22.9 Å². The number of carbonyl (C=O) groups excluding carboxylic acids is 1. The number of amides is 1. The molecular weight excluding hydrogens is 534 g/mol. The number of nitro benzene ring substituents is 1. The zero-order valence-corrected chi connectivity index (χ0v) is 22.8. The molecule has 2 aromatic carbocycles. The molecule has 5 rings (SSSR count). The summed E-state index contributed by atoms with van der Waals surface area (Å²) in [5, 5.41) is 16.2. The molecule has 1 aliphatic carbocycles. The first-order chi connectivity index (χ1) is 18.9. The van der Waals surface area contributed by atoms with E-state index in [2.05, 4.69) is 10.5 Å². The first kappa shape index (κ1) is 26.5. The van der Waals surface area contributed by atoms with E-state index in [4.69, 9.17) is 4.98 Å². The Bertz CT molecular complexity index is 1670. The maximum Gasteiger partial charge on any atom is 0.276 e. The molecule has 1 N–H and O–H groups in total. The molecule has 0 spiro atoms. The number of nitro groups is 1. The van der Waals surface area contributed by atoms with Gasteiger partial charge in [-0.25, -0.2) is 10.4 Å². The minimum Gasteiger partial charge on any atom is -0.272 e. The Morgan fingerprint density at radius 1 is 1.21 bits per heavy atom. The Labute approximate surface area is 232 Å². The minimum absolute atomic E-state index is 0.000108. The lowest BCUT2D eigenvalue weighted by atomic mass is 9.97. The predicted molar refractivity (Wildman–Crippen MR) is 156 cm³/mol. The number of para-hydroxylation sites is 1. The van der Waals surface area contributed by atoms with E-state index >= 15 is 0 Å². The van der Waals surface area contributed by atoms with E-state index in [0.717, 1.165) is 41.6 Å². The molecule has 1 amide bonds. The van der Waals surface area contributed by atoms with Crippen LogP contribution in [0.15, 0.2) is 69.7 Å². The number of fused-ring (bicyclic) bond motifs is 3. The second-order valence-electron chi connectivity index (χ2n) is 9.04. The quantitative estimate of drug-likeness (QED) is 0.101. The third kappa shape index (κ3) is 5.84. The van der Waals surface area contributed by atoms with Crippen LogP contribution >= 0.6 is 23.1 Å². The summed E-state index contributed by atoms with van der Waals surface area (Å²) < 4.78 is 1.60. The molecular formula is C28H25N5O4S2. The highest BCUT2D eigenvalue weighted by Crippen LogP contribution is 2.35. The number of hydrogen-bond donors (Lipinski definition) is 1. The largest absolute Gasteiger partial charge is 0.276 e. The Kier molecular flexibility index (Phi) is 7.99. The molecule has 0 saturated carbocycles. The summed E-state index contributed by atoms with van der Waals surface area (Å²) in [6.45, 7) is 1.99. The van der Waals surface area contributed by atoms with E-state index in [0.29, 0.717) is 21.8 Å². The van der Waals surface area contributed by atoms with Crippen LogP contribution in [0.4, 0.5) is 5.69 Å². The third-order valence-electron chi connectivity index (χ3n) is 6.34. The fourth-order valence-corrected chi connectivity index (χ4v) is 6.57. The molecule has 0 saturated heterocycles. The topological polar surface area (TPSA) is 119 Å². The number of benzene rings is 2. The SMILES string of the molecule is Cc1ccc(-n2c(SCC(=O)N/N=C/C=C/c3ccccc3[N+](=O)[O-])nc3sc4c(c3c2=O)CCCC4)cc1. The number of carbonyl (C=O) groups is 1. The van der Waals surface area contributed by atoms with E-state index in [1.165, 1.54) is 35.0 Å². The van der Waals surface area contributed by atoms with Crippen molar-refractivity contribution in [3.05, 3.63) is 96.6 Å². The Balaban J connectivity index is 1.34. The van der Waals surface area contributed by atoms with E-state index in [1.807, 2.05) is 31.2 Å². The average Bonchev–Trinajstić information content (AvgIpc) is 3.31. The number of hydrogen-bond acceptors (Lipinski definition) is 8. The number of nitrogens with one attached hydrogen (secondary N) is 1. The van der Waals surface area contributed by atoms with Crippen LogP contribution in [0.5, 0.6) is 0 Å². The van der Waals surface area contributed by atoms with Crippen molar-refractivity contribution in [1.82, 2.24) is 15.0 Å². The number of aryl methyl sites for hydroxylation is 3. The lowest BCUT2D eigenvalue weighted by molar-refractivity contribution is -0.385. The van der Waals surface area contributed by atoms with Gasteiger partial charge in [-0.15, -0.1) is 11.3 Å². The van der Waals surface area contributed by atoms with Crippen LogP contribution in [-0.4, -0.2) is 32.3 Å². The molecule has 0 radical (unpaired) electrons. The molecule has 4 aromatic rings. The molecule has 0 aliphatic heterocycles. The van der Waals surface area contributed by atoms with Crippen molar-refractivity contribution < 1.29 is 9.72 Å². The van der Waals surface area contributed by atoms with Gasteiger partial charge in [0.15, 0.2) is 5.16 Å². The first-order valence-corrected chi connectivity index (χ1v) is 14.2. The van der Waals surface area contributed by atoms with Gasteiger partial charge < -0.3 is 0 Å². The Hall–Kier alpha value is -4.09. The van der Waals surface area contributed by atoms with Crippen molar-refractivity contribution in [1.29, 1.82) is 0 Å². The highest BCUT2D eigenvalue weighted by atomic mass is 32.2. The van der Waals surface area contributed by atoms with Crippen molar-refractivity contribution in [3.63, 3.8) is 0 Å². The summed E-state index contributed by atoms with van der Waals surface area (Å²) in [6, 6.07) is 14.0. The lowest BCUT2D eigenvalue weighted by Gasteiger charge is -2.13. The van der Waals surface area contributed by atoms with Crippen LogP contribution in [0, 0.1) is 17.0 Å². The fourth-order valence-electron chi connectivity index (χ4n) is 4.46. The number of aromatic nitrogens is 2. The molecule has 2 aromatic heterocycles. The standard InChI is InChI=1S/C28H25N5O4S2/c1-18-12-14-20(15-13-18)32-27(35)25-21-9-3-5-11-23(21)39-26(25)30-28(32)38-17-24(34)31-29-16-6-8-19-7-2-4-10-22(19)33(36)37/h2,4,6-8,10,12-16H,3,5,9,11,17H2,1H3,(H,31,34)/b8-6+,29-16+. The van der Waals surface area contributed by atoms with Gasteiger partial charge >= 0.3 is 0 Å². The zero-order chi connectivity index (χ0) is 27.4. The van der Waals surface area contributed by atoms with Gasteiger partial charge in [-0.2, -0.15) is 5.10 Å². The summed E-state index contributed by atoms with van der Waals surface area (Å²) >= 11 is 2.75. The second kappa shape index (κ2) is 11.7. The van der Waals surface area contributed by atoms with Gasteiger partial charge in [-0.1, -0.05) is 41.6 Å². The first-order valence-electron chi connectivity index (χ1n) is 12.4. The van der Waals surface area contributed by atoms with Gasteiger partial charge in [-0.3, -0.25) is 24.3 Å². The molecule has 0 fully saturated rings. The fraction of sp³-hybridized carbons (Fsp3) is 0.214. The van der Waals surface area contributed by atoms with E-state index in [1.54, 1.807) is 40.2 Å². The molecule has 0 unspecified atom stereocenters. The average molecular weight is 560 g/mol. The van der Waals surface area contributed by atoms with Gasteiger partial charge in [0.05, 0.1) is 27.3 Å². The predicted octanol–water partition coefficient (Wildman–Crippen LogP) is 5.45. The van der Waals surface area contributed by atoms with Crippen molar-refractivity contribution >= 4 is 57.2 Å². The van der Waals surface area contributed by atoms with Crippen LogP contribution < -0.4 is 11.0 Å². The number of hydrazone groups is 1. The molecule has 1 aliphatic rings. The van der Waals surface area contributed by atoms with Gasteiger partial charge in [0.1, 0.15) is 4.83 Å². The smallest absolute Gasteiger partial charge is 0.272 e. The maximum atomic E-state index is 13.8. The number of nitrogens with zero attached hydrogens (tertiary/aromatic N) is 4. The Morgan fingerprint density at radius 3 is 2.77 bits per heavy atom. The monoisotopic (exact) mass is 559 g/mol. The molecule has 9 nitrogen and oxygen atoms in total. The summed E-state index contributed by atoms with van der Waals surface area (Å²) in [7, 11) is 0. The van der Waals surface area contributed by atoms with Crippen molar-refractivity contribution in [2.45, 2.75) is 37.8 Å². The van der Waals surface area contributed by atoms with Crippen molar-refractivity contribution in [2.75, 3.05) is 5.75 Å². The van der Waals surface area contributed by atoms with Crippen LogP contribution in [-0.2, 0) is 17.6 Å². The summed E-state index contributed by atoms with van der Waals surface area (Å²) in [5.41, 5.74) is 5.66.